The SMILES string of the molecule is O=C(O)c1cc(I)ccc1CNNc1ccccc1. The summed E-state index contributed by atoms with van der Waals surface area (Å²) in [6.07, 6.45) is 0. The van der Waals surface area contributed by atoms with Crippen LogP contribution in [-0.4, -0.2) is 11.1 Å². The predicted molar refractivity (Wildman–Crippen MR) is 83.0 cm³/mol. The summed E-state index contributed by atoms with van der Waals surface area (Å²) in [6.45, 7) is 0.438. The minimum Gasteiger partial charge on any atom is -0.478 e. The number of nitrogens with one attached hydrogen (secondary N) is 2. The molecule has 0 spiro atoms. The smallest absolute Gasteiger partial charge is 0.336 e. The molecule has 2 rings (SSSR count). The first-order valence-electron chi connectivity index (χ1n) is 5.72. The van der Waals surface area contributed by atoms with E-state index < -0.39 is 5.97 Å². The van der Waals surface area contributed by atoms with E-state index in [0.29, 0.717) is 12.1 Å². The van der Waals surface area contributed by atoms with Crippen molar-refractivity contribution in [2.75, 3.05) is 5.43 Å². The summed E-state index contributed by atoms with van der Waals surface area (Å²) in [7, 11) is 0. The maximum absolute atomic E-state index is 11.2. The van der Waals surface area contributed by atoms with Gasteiger partial charge in [0.2, 0.25) is 0 Å². The monoisotopic (exact) mass is 368 g/mol. The fourth-order valence-electron chi connectivity index (χ4n) is 1.66. The molecule has 19 heavy (non-hydrogen) atoms. The quantitative estimate of drug-likeness (QED) is 0.561. The zero-order valence-electron chi connectivity index (χ0n) is 10.1. The second-order valence-electron chi connectivity index (χ2n) is 3.95. The molecule has 5 heteroatoms. The Kier molecular flexibility index (Phi) is 4.75. The lowest BCUT2D eigenvalue weighted by Gasteiger charge is -2.10. The van der Waals surface area contributed by atoms with Crippen LogP contribution in [0.3, 0.4) is 0 Å². The van der Waals surface area contributed by atoms with Gasteiger partial charge in [-0.2, -0.15) is 0 Å². The summed E-state index contributed by atoms with van der Waals surface area (Å²) < 4.78 is 0.912. The van der Waals surface area contributed by atoms with Crippen molar-refractivity contribution in [2.45, 2.75) is 6.54 Å². The predicted octanol–water partition coefficient (Wildman–Crippen LogP) is 3.11. The number of hydrogen-bond donors (Lipinski definition) is 3. The number of hydrogen-bond acceptors (Lipinski definition) is 3. The van der Waals surface area contributed by atoms with Gasteiger partial charge in [0, 0.05) is 15.8 Å². The van der Waals surface area contributed by atoms with Gasteiger partial charge in [0.05, 0.1) is 5.56 Å². The number of anilines is 1. The number of rotatable bonds is 5. The lowest BCUT2D eigenvalue weighted by molar-refractivity contribution is 0.0695. The number of para-hydroxylation sites is 1. The molecule has 0 aromatic heterocycles. The average molecular weight is 368 g/mol. The Hall–Kier alpha value is -1.60. The number of hydrazine groups is 1. The van der Waals surface area contributed by atoms with Gasteiger partial charge in [-0.25, -0.2) is 10.2 Å². The van der Waals surface area contributed by atoms with E-state index in [2.05, 4.69) is 33.4 Å². The largest absolute Gasteiger partial charge is 0.478 e. The zero-order valence-corrected chi connectivity index (χ0v) is 12.2. The number of carboxylic acids is 1. The minimum absolute atomic E-state index is 0.328. The van der Waals surface area contributed by atoms with Crippen LogP contribution in [0, 0.1) is 3.57 Å². The molecule has 0 atom stereocenters. The molecule has 98 valence electrons. The van der Waals surface area contributed by atoms with Gasteiger partial charge in [-0.3, -0.25) is 0 Å². The Morgan fingerprint density at radius 1 is 1.16 bits per heavy atom. The van der Waals surface area contributed by atoms with Crippen LogP contribution in [0.25, 0.3) is 0 Å². The highest BCUT2D eigenvalue weighted by Crippen LogP contribution is 2.14. The number of carbonyl (C=O) groups is 1. The van der Waals surface area contributed by atoms with Crippen LogP contribution in [0.5, 0.6) is 0 Å². The molecule has 0 saturated heterocycles. The maximum Gasteiger partial charge on any atom is 0.336 e. The van der Waals surface area contributed by atoms with Gasteiger partial charge in [0.25, 0.3) is 0 Å². The summed E-state index contributed by atoms with van der Waals surface area (Å²) >= 11 is 2.10. The Bertz CT molecular complexity index is 573. The van der Waals surface area contributed by atoms with Gasteiger partial charge in [0.15, 0.2) is 0 Å². The Labute approximate surface area is 125 Å². The Morgan fingerprint density at radius 3 is 2.58 bits per heavy atom. The molecule has 0 amide bonds. The fraction of sp³-hybridized carbons (Fsp3) is 0.0714. The highest BCUT2D eigenvalue weighted by molar-refractivity contribution is 14.1. The van der Waals surface area contributed by atoms with E-state index in [4.69, 9.17) is 5.11 Å². The Morgan fingerprint density at radius 2 is 1.89 bits per heavy atom. The topological polar surface area (TPSA) is 61.4 Å². The Balaban J connectivity index is 2.02. The van der Waals surface area contributed by atoms with Crippen molar-refractivity contribution < 1.29 is 9.90 Å². The molecule has 0 aliphatic rings. The van der Waals surface area contributed by atoms with E-state index in [-0.39, 0.29) is 0 Å². The van der Waals surface area contributed by atoms with Crippen molar-refractivity contribution in [1.29, 1.82) is 0 Å². The first kappa shape index (κ1) is 13.8. The van der Waals surface area contributed by atoms with Gasteiger partial charge < -0.3 is 10.5 Å². The minimum atomic E-state index is -0.907. The fourth-order valence-corrected chi connectivity index (χ4v) is 2.16. The number of halogens is 1. The number of benzene rings is 2. The first-order valence-corrected chi connectivity index (χ1v) is 6.80. The highest BCUT2D eigenvalue weighted by atomic mass is 127. The molecule has 4 nitrogen and oxygen atoms in total. The summed E-state index contributed by atoms with van der Waals surface area (Å²) in [5, 5.41) is 9.15. The third-order valence-corrected chi connectivity index (χ3v) is 3.26. The van der Waals surface area contributed by atoms with Crippen LogP contribution in [0.4, 0.5) is 5.69 Å². The van der Waals surface area contributed by atoms with Gasteiger partial charge in [-0.15, -0.1) is 0 Å². The summed E-state index contributed by atoms with van der Waals surface area (Å²) in [4.78, 5) is 11.2. The van der Waals surface area contributed by atoms with Crippen molar-refractivity contribution in [2.24, 2.45) is 0 Å². The van der Waals surface area contributed by atoms with E-state index in [1.807, 2.05) is 42.5 Å². The lowest BCUT2D eigenvalue weighted by atomic mass is 10.1. The number of carboxylic acid groups (broad SMARTS) is 1. The molecule has 0 unspecified atom stereocenters. The summed E-state index contributed by atoms with van der Waals surface area (Å²) in [5.74, 6) is -0.907. The maximum atomic E-state index is 11.2. The van der Waals surface area contributed by atoms with Crippen molar-refractivity contribution in [3.05, 3.63) is 63.2 Å². The first-order chi connectivity index (χ1) is 9.16. The van der Waals surface area contributed by atoms with Crippen LogP contribution in [0.2, 0.25) is 0 Å². The molecule has 0 saturated carbocycles. The van der Waals surface area contributed by atoms with Crippen LogP contribution in [-0.2, 0) is 6.54 Å². The molecule has 2 aromatic rings. The molecular weight excluding hydrogens is 355 g/mol. The molecule has 0 heterocycles. The second kappa shape index (κ2) is 6.53. The van der Waals surface area contributed by atoms with E-state index in [9.17, 15) is 4.79 Å². The van der Waals surface area contributed by atoms with Gasteiger partial charge in [0.1, 0.15) is 0 Å². The van der Waals surface area contributed by atoms with Crippen LogP contribution < -0.4 is 10.9 Å². The van der Waals surface area contributed by atoms with Crippen LogP contribution in [0.15, 0.2) is 48.5 Å². The van der Waals surface area contributed by atoms with E-state index in [0.717, 1.165) is 14.8 Å². The molecule has 0 radical (unpaired) electrons. The normalized spacial score (nSPS) is 10.2. The van der Waals surface area contributed by atoms with E-state index in [1.165, 1.54) is 0 Å². The van der Waals surface area contributed by atoms with Gasteiger partial charge in [-0.1, -0.05) is 24.3 Å². The van der Waals surface area contributed by atoms with Gasteiger partial charge in [-0.05, 0) is 52.4 Å². The lowest BCUT2D eigenvalue weighted by Crippen LogP contribution is -2.22. The molecule has 2 aromatic carbocycles. The van der Waals surface area contributed by atoms with Gasteiger partial charge >= 0.3 is 5.97 Å². The zero-order chi connectivity index (χ0) is 13.7. The number of aromatic carboxylic acids is 1. The summed E-state index contributed by atoms with van der Waals surface area (Å²) in [5.41, 5.74) is 8.06. The van der Waals surface area contributed by atoms with Crippen molar-refractivity contribution in [1.82, 2.24) is 5.43 Å². The molecule has 0 fully saturated rings. The molecule has 3 N–H and O–H groups in total. The van der Waals surface area contributed by atoms with Crippen molar-refractivity contribution in [3.63, 3.8) is 0 Å². The molecule has 0 bridgehead atoms. The van der Waals surface area contributed by atoms with Crippen molar-refractivity contribution >= 4 is 34.2 Å². The van der Waals surface area contributed by atoms with Crippen LogP contribution >= 0.6 is 22.6 Å². The molecular formula is C14H13IN2O2. The molecule has 0 aliphatic heterocycles. The third kappa shape index (κ3) is 3.93. The standard InChI is InChI=1S/C14H13IN2O2/c15-11-7-6-10(13(8-11)14(18)19)9-16-17-12-4-2-1-3-5-12/h1-8,16-17H,9H2,(H,18,19). The second-order valence-corrected chi connectivity index (χ2v) is 5.20. The van der Waals surface area contributed by atoms with Crippen molar-refractivity contribution in [3.8, 4) is 0 Å². The van der Waals surface area contributed by atoms with Crippen LogP contribution in [0.1, 0.15) is 15.9 Å². The van der Waals surface area contributed by atoms with E-state index >= 15 is 0 Å². The third-order valence-electron chi connectivity index (χ3n) is 2.59. The van der Waals surface area contributed by atoms with E-state index in [1.54, 1.807) is 6.07 Å². The highest BCUT2D eigenvalue weighted by Gasteiger charge is 2.09. The summed E-state index contributed by atoms with van der Waals surface area (Å²) in [6, 6.07) is 15.0. The average Bonchev–Trinajstić information content (AvgIpc) is 2.41. The molecule has 0 aliphatic carbocycles.